The number of halogens is 6. The number of hydrogen-bond acceptors (Lipinski definition) is 3. The van der Waals surface area contributed by atoms with E-state index < -0.39 is 39.7 Å². The Bertz CT molecular complexity index is 770. The molecule has 0 unspecified atom stereocenters. The maximum atomic E-state index is 13.9. The summed E-state index contributed by atoms with van der Waals surface area (Å²) in [5.41, 5.74) is -1.23. The second-order valence-electron chi connectivity index (χ2n) is 4.91. The Hall–Kier alpha value is -1.99. The van der Waals surface area contributed by atoms with Crippen molar-refractivity contribution in [3.05, 3.63) is 52.8 Å². The van der Waals surface area contributed by atoms with Gasteiger partial charge in [0.05, 0.1) is 10.6 Å². The molecule has 0 N–H and O–H groups in total. The van der Waals surface area contributed by atoms with Crippen molar-refractivity contribution in [1.29, 1.82) is 0 Å². The van der Waals surface area contributed by atoms with Crippen LogP contribution in [0, 0.1) is 5.82 Å². The Labute approximate surface area is 150 Å². The third-order valence-electron chi connectivity index (χ3n) is 2.98. The molecule has 1 atom stereocenters. The van der Waals surface area contributed by atoms with E-state index in [1.165, 1.54) is 31.2 Å². The summed E-state index contributed by atoms with van der Waals surface area (Å²) < 4.78 is 62.3. The maximum absolute atomic E-state index is 13.9. The van der Waals surface area contributed by atoms with E-state index >= 15 is 0 Å². The van der Waals surface area contributed by atoms with Gasteiger partial charge in [0, 0.05) is 6.07 Å². The fourth-order valence-electron chi connectivity index (χ4n) is 1.80. The number of rotatable bonds is 5. The lowest BCUT2D eigenvalue weighted by atomic mass is 10.2. The van der Waals surface area contributed by atoms with Gasteiger partial charge in [-0.2, -0.15) is 13.2 Å². The summed E-state index contributed by atoms with van der Waals surface area (Å²) in [5, 5.41) is -1.26. The Morgan fingerprint density at radius 3 is 2.36 bits per heavy atom. The normalized spacial score (nSPS) is 12.6. The minimum atomic E-state index is -4.74. The number of carbonyl (C=O) groups is 1. The highest BCUT2D eigenvalue weighted by Crippen LogP contribution is 2.39. The molecule has 2 aromatic carbocycles. The molecule has 0 radical (unpaired) electrons. The molecule has 0 aliphatic heterocycles. The van der Waals surface area contributed by atoms with Crippen LogP contribution >= 0.6 is 23.2 Å². The van der Waals surface area contributed by atoms with Gasteiger partial charge in [-0.25, -0.2) is 4.39 Å². The van der Waals surface area contributed by atoms with Crippen LogP contribution in [0.2, 0.25) is 5.02 Å². The minimum absolute atomic E-state index is 0.0484. The standard InChI is InChI=1S/C16H10Cl2F4O3/c1-8(15(18)23)24-10-3-2-4-11(7-10)25-14-12(17)5-9(6-13(14)19)16(20,21)22/h2-8H,1H3/t8-/m1/s1. The van der Waals surface area contributed by atoms with Crippen LogP contribution in [0.5, 0.6) is 17.2 Å². The molecule has 0 aromatic heterocycles. The summed E-state index contributed by atoms with van der Waals surface area (Å²) >= 11 is 11.0. The molecule has 0 saturated carbocycles. The highest BCUT2D eigenvalue weighted by atomic mass is 35.5. The smallest absolute Gasteiger partial charge is 0.416 e. The van der Waals surface area contributed by atoms with Gasteiger partial charge < -0.3 is 9.47 Å². The number of hydrogen-bond donors (Lipinski definition) is 0. The van der Waals surface area contributed by atoms with E-state index in [0.717, 1.165) is 0 Å². The van der Waals surface area contributed by atoms with Gasteiger partial charge in [0.2, 0.25) is 0 Å². The lowest BCUT2D eigenvalue weighted by molar-refractivity contribution is -0.137. The summed E-state index contributed by atoms with van der Waals surface area (Å²) in [7, 11) is 0. The fraction of sp³-hybridized carbons (Fsp3) is 0.188. The average molecular weight is 397 g/mol. The molecule has 0 spiro atoms. The molecule has 0 bridgehead atoms. The van der Waals surface area contributed by atoms with Gasteiger partial charge in [-0.3, -0.25) is 4.79 Å². The van der Waals surface area contributed by atoms with Crippen LogP contribution in [0.15, 0.2) is 36.4 Å². The zero-order valence-electron chi connectivity index (χ0n) is 12.5. The summed E-state index contributed by atoms with van der Waals surface area (Å²) in [5.74, 6) is -1.58. The van der Waals surface area contributed by atoms with E-state index in [9.17, 15) is 22.4 Å². The Balaban J connectivity index is 2.27. The molecule has 3 nitrogen and oxygen atoms in total. The third-order valence-corrected chi connectivity index (χ3v) is 3.57. The SMILES string of the molecule is C[C@@H](Oc1cccc(Oc2c(F)cc(C(F)(F)F)cc2Cl)c1)C(=O)Cl. The minimum Gasteiger partial charge on any atom is -0.481 e. The van der Waals surface area contributed by atoms with Crippen LogP contribution in [0.1, 0.15) is 12.5 Å². The van der Waals surface area contributed by atoms with Gasteiger partial charge in [-0.15, -0.1) is 0 Å². The van der Waals surface area contributed by atoms with E-state index in [1.807, 2.05) is 0 Å². The quantitative estimate of drug-likeness (QED) is 0.471. The largest absolute Gasteiger partial charge is 0.481 e. The first-order valence-corrected chi connectivity index (χ1v) is 7.53. The van der Waals surface area contributed by atoms with Crippen molar-refractivity contribution in [2.75, 3.05) is 0 Å². The highest BCUT2D eigenvalue weighted by Gasteiger charge is 2.32. The summed E-state index contributed by atoms with van der Waals surface area (Å²) in [6.07, 6.45) is -5.66. The Morgan fingerprint density at radius 2 is 1.80 bits per heavy atom. The van der Waals surface area contributed by atoms with Gasteiger partial charge in [0.15, 0.2) is 17.7 Å². The second kappa shape index (κ2) is 7.49. The van der Waals surface area contributed by atoms with Crippen LogP contribution in [0.4, 0.5) is 17.6 Å². The van der Waals surface area contributed by atoms with Crippen LogP contribution < -0.4 is 9.47 Å². The van der Waals surface area contributed by atoms with E-state index in [2.05, 4.69) is 0 Å². The monoisotopic (exact) mass is 396 g/mol. The lowest BCUT2D eigenvalue weighted by Crippen LogP contribution is -2.18. The van der Waals surface area contributed by atoms with Gasteiger partial charge in [0.1, 0.15) is 11.5 Å². The molecular formula is C16H10Cl2F4O3. The molecule has 0 fully saturated rings. The maximum Gasteiger partial charge on any atom is 0.416 e. The van der Waals surface area contributed by atoms with E-state index in [-0.39, 0.29) is 17.6 Å². The number of benzene rings is 2. The van der Waals surface area contributed by atoms with E-state index in [0.29, 0.717) is 6.07 Å². The summed E-state index contributed by atoms with van der Waals surface area (Å²) in [6.45, 7) is 1.43. The summed E-state index contributed by atoms with van der Waals surface area (Å²) in [4.78, 5) is 11.0. The zero-order valence-corrected chi connectivity index (χ0v) is 14.0. The van der Waals surface area contributed by atoms with Gasteiger partial charge in [0.25, 0.3) is 5.24 Å². The van der Waals surface area contributed by atoms with Gasteiger partial charge >= 0.3 is 6.18 Å². The number of carbonyl (C=O) groups excluding carboxylic acids is 1. The van der Waals surface area contributed by atoms with Crippen LogP contribution in [-0.4, -0.2) is 11.3 Å². The molecule has 0 amide bonds. The first-order chi connectivity index (χ1) is 11.6. The van der Waals surface area contributed by atoms with E-state index in [4.69, 9.17) is 32.7 Å². The highest BCUT2D eigenvalue weighted by molar-refractivity contribution is 6.64. The van der Waals surface area contributed by atoms with Crippen molar-refractivity contribution >= 4 is 28.4 Å². The molecule has 0 aliphatic carbocycles. The number of ether oxygens (including phenoxy) is 2. The molecule has 0 heterocycles. The van der Waals surface area contributed by atoms with Gasteiger partial charge in [-0.05, 0) is 42.8 Å². The summed E-state index contributed by atoms with van der Waals surface area (Å²) in [6, 6.07) is 6.54. The van der Waals surface area contributed by atoms with Gasteiger partial charge in [-0.1, -0.05) is 17.7 Å². The van der Waals surface area contributed by atoms with Crippen LogP contribution in [0.3, 0.4) is 0 Å². The average Bonchev–Trinajstić information content (AvgIpc) is 2.50. The second-order valence-corrected chi connectivity index (χ2v) is 5.69. The van der Waals surface area contributed by atoms with Crippen molar-refractivity contribution in [2.45, 2.75) is 19.2 Å². The predicted molar refractivity (Wildman–Crippen MR) is 83.9 cm³/mol. The first kappa shape index (κ1) is 19.3. The first-order valence-electron chi connectivity index (χ1n) is 6.78. The fourth-order valence-corrected chi connectivity index (χ4v) is 2.09. The van der Waals surface area contributed by atoms with E-state index in [1.54, 1.807) is 0 Å². The van der Waals surface area contributed by atoms with Crippen LogP contribution in [-0.2, 0) is 11.0 Å². The molecule has 25 heavy (non-hydrogen) atoms. The van der Waals surface area contributed by atoms with Crippen molar-refractivity contribution in [3.8, 4) is 17.2 Å². The van der Waals surface area contributed by atoms with Crippen molar-refractivity contribution < 1.29 is 31.8 Å². The molecule has 2 rings (SSSR count). The van der Waals surface area contributed by atoms with Crippen LogP contribution in [0.25, 0.3) is 0 Å². The molecule has 0 saturated heterocycles. The predicted octanol–water partition coefficient (Wildman–Crippen LogP) is 5.82. The molecule has 134 valence electrons. The zero-order chi connectivity index (χ0) is 18.8. The number of alkyl halides is 3. The molecule has 0 aliphatic rings. The lowest BCUT2D eigenvalue weighted by Gasteiger charge is -2.14. The van der Waals surface area contributed by atoms with Crippen molar-refractivity contribution in [1.82, 2.24) is 0 Å². The Kier molecular flexibility index (Phi) is 5.80. The third kappa shape index (κ3) is 4.99. The molecular weight excluding hydrogens is 387 g/mol. The Morgan fingerprint density at radius 1 is 1.16 bits per heavy atom. The molecule has 9 heteroatoms. The van der Waals surface area contributed by atoms with Crippen molar-refractivity contribution in [3.63, 3.8) is 0 Å². The van der Waals surface area contributed by atoms with Crippen molar-refractivity contribution in [2.24, 2.45) is 0 Å². The topological polar surface area (TPSA) is 35.5 Å². The molecule has 2 aromatic rings.